The van der Waals surface area contributed by atoms with Crippen LogP contribution in [0.25, 0.3) is 0 Å². The summed E-state index contributed by atoms with van der Waals surface area (Å²) < 4.78 is 49.8. The zero-order valence-electron chi connectivity index (χ0n) is 27.0. The minimum absolute atomic E-state index is 0.172. The summed E-state index contributed by atoms with van der Waals surface area (Å²) in [6.07, 6.45) is -16.0. The Morgan fingerprint density at radius 2 is 1.10 bits per heavy atom. The van der Waals surface area contributed by atoms with Crippen LogP contribution in [0.15, 0.2) is 24.3 Å². The highest BCUT2D eigenvalue weighted by molar-refractivity contribution is 5.88. The third-order valence-electron chi connectivity index (χ3n) is 6.76. The summed E-state index contributed by atoms with van der Waals surface area (Å²) in [4.78, 5) is 71.0. The summed E-state index contributed by atoms with van der Waals surface area (Å²) in [5.41, 5.74) is 0.464. The van der Waals surface area contributed by atoms with E-state index in [4.69, 9.17) is 42.6 Å². The quantitative estimate of drug-likeness (QED) is 0.186. The lowest BCUT2D eigenvalue weighted by Crippen LogP contribution is -2.66. The summed E-state index contributed by atoms with van der Waals surface area (Å²) >= 11 is 0. The Balaban J connectivity index is 1.95. The van der Waals surface area contributed by atoms with Crippen LogP contribution in [-0.4, -0.2) is 121 Å². The number of nitrogens with one attached hydrogen (secondary N) is 1. The number of aliphatic hydroxyl groups excluding tert-OH is 2. The van der Waals surface area contributed by atoms with Crippen molar-refractivity contribution in [1.29, 1.82) is 0 Å². The third kappa shape index (κ3) is 10.8. The van der Waals surface area contributed by atoms with Crippen molar-refractivity contribution < 1.29 is 81.6 Å². The molecule has 2 heterocycles. The van der Waals surface area contributed by atoms with Gasteiger partial charge in [-0.05, 0) is 24.3 Å². The van der Waals surface area contributed by atoms with Gasteiger partial charge in [0, 0.05) is 47.2 Å². The second-order valence-electron chi connectivity index (χ2n) is 10.8. The number of esters is 5. The molecule has 1 aromatic rings. The minimum Gasteiger partial charge on any atom is -0.463 e. The fourth-order valence-corrected chi connectivity index (χ4v) is 4.91. The fraction of sp³-hybridized carbons (Fsp3) is 0.600. The zero-order valence-corrected chi connectivity index (χ0v) is 27.0. The maximum atomic E-state index is 12.2. The molecule has 1 aromatic carbocycles. The van der Waals surface area contributed by atoms with E-state index in [0.29, 0.717) is 5.69 Å². The minimum atomic E-state index is -1.84. The van der Waals surface area contributed by atoms with Crippen molar-refractivity contribution in [1.82, 2.24) is 0 Å². The predicted octanol–water partition coefficient (Wildman–Crippen LogP) is -0.498. The van der Waals surface area contributed by atoms with E-state index in [1.165, 1.54) is 31.2 Å². The molecular weight excluding hydrogens is 646 g/mol. The van der Waals surface area contributed by atoms with Crippen LogP contribution in [0.5, 0.6) is 5.75 Å². The van der Waals surface area contributed by atoms with Gasteiger partial charge in [-0.1, -0.05) is 0 Å². The molecule has 0 aromatic heterocycles. The van der Waals surface area contributed by atoms with Crippen molar-refractivity contribution in [3.05, 3.63) is 24.3 Å². The SMILES string of the molecule is CC(=O)Nc1ccc(O[C@H]2OC(COC(C)=O)[C@@H](OC3OC(COC(C)=O)[C@@H](OC(C)=O)C(OC(C)=O)[C@H]3OC(C)=O)C(O)[C@@H]2O)cc1. The van der Waals surface area contributed by atoms with Crippen molar-refractivity contribution in [2.75, 3.05) is 18.5 Å². The molecule has 266 valence electrons. The number of hydrogen-bond donors (Lipinski definition) is 3. The van der Waals surface area contributed by atoms with E-state index in [0.717, 1.165) is 34.6 Å². The maximum absolute atomic E-state index is 12.2. The highest BCUT2D eigenvalue weighted by Gasteiger charge is 2.56. The van der Waals surface area contributed by atoms with Crippen LogP contribution in [0, 0.1) is 0 Å². The fourth-order valence-electron chi connectivity index (χ4n) is 4.91. The number of benzene rings is 1. The Morgan fingerprint density at radius 1 is 0.625 bits per heavy atom. The van der Waals surface area contributed by atoms with Gasteiger partial charge in [-0.15, -0.1) is 0 Å². The first kappa shape index (κ1) is 38.1. The molecule has 2 aliphatic heterocycles. The van der Waals surface area contributed by atoms with E-state index in [9.17, 15) is 39.0 Å². The average Bonchev–Trinajstić information content (AvgIpc) is 2.98. The van der Waals surface area contributed by atoms with E-state index in [-0.39, 0.29) is 11.7 Å². The van der Waals surface area contributed by atoms with Crippen molar-refractivity contribution in [2.24, 2.45) is 0 Å². The van der Waals surface area contributed by atoms with Crippen LogP contribution in [-0.2, 0) is 66.7 Å². The van der Waals surface area contributed by atoms with Crippen molar-refractivity contribution in [3.63, 3.8) is 0 Å². The number of carbonyl (C=O) groups is 6. The Labute approximate surface area is 274 Å². The molecule has 0 saturated carbocycles. The zero-order chi connectivity index (χ0) is 35.7. The molecule has 0 spiro atoms. The Hall–Kier alpha value is -4.36. The first-order chi connectivity index (χ1) is 22.5. The standard InChI is InChI=1S/C30H39NO17/c1-13(32)31-19-7-9-20(10-8-19)45-29-24(39)23(38)25(21(46-29)11-40-14(2)33)48-30-28(44-18(6)37)27(43-17(5)36)26(42-16(4)35)22(47-30)12-41-15(3)34/h7-10,21-30,38-39H,11-12H2,1-6H3,(H,31,32)/t21?,22?,23?,24-,25+,26+,27?,28+,29-,30?/m0/s1. The lowest BCUT2D eigenvalue weighted by molar-refractivity contribution is -0.354. The van der Waals surface area contributed by atoms with Gasteiger partial charge in [0.1, 0.15) is 49.5 Å². The smallest absolute Gasteiger partial charge is 0.303 e. The molecule has 10 atom stereocenters. The summed E-state index contributed by atoms with van der Waals surface area (Å²) in [5.74, 6) is -4.21. The topological polar surface area (TPSA) is 238 Å². The van der Waals surface area contributed by atoms with Gasteiger partial charge in [0.05, 0.1) is 0 Å². The van der Waals surface area contributed by atoms with Crippen LogP contribution >= 0.6 is 0 Å². The number of ether oxygens (including phenoxy) is 9. The van der Waals surface area contributed by atoms with Crippen LogP contribution < -0.4 is 10.1 Å². The Bertz CT molecular complexity index is 1320. The van der Waals surface area contributed by atoms with Gasteiger partial charge in [0.25, 0.3) is 0 Å². The summed E-state index contributed by atoms with van der Waals surface area (Å²) in [6, 6.07) is 5.98. The summed E-state index contributed by atoms with van der Waals surface area (Å²) in [5, 5.41) is 24.9. The second-order valence-corrected chi connectivity index (χ2v) is 10.8. The highest BCUT2D eigenvalue weighted by atomic mass is 16.8. The predicted molar refractivity (Wildman–Crippen MR) is 156 cm³/mol. The van der Waals surface area contributed by atoms with E-state index < -0.39 is 104 Å². The highest BCUT2D eigenvalue weighted by Crippen LogP contribution is 2.34. The molecule has 48 heavy (non-hydrogen) atoms. The maximum Gasteiger partial charge on any atom is 0.303 e. The van der Waals surface area contributed by atoms with E-state index in [1.54, 1.807) is 0 Å². The lowest BCUT2D eigenvalue weighted by atomic mass is 9.96. The molecule has 3 rings (SSSR count). The molecule has 0 bridgehead atoms. The normalized spacial score (nSPS) is 29.8. The van der Waals surface area contributed by atoms with Gasteiger partial charge in [0.2, 0.25) is 12.2 Å². The van der Waals surface area contributed by atoms with E-state index in [1.807, 2.05) is 0 Å². The number of amides is 1. The molecule has 1 amide bonds. The lowest BCUT2D eigenvalue weighted by Gasteiger charge is -2.47. The van der Waals surface area contributed by atoms with E-state index >= 15 is 0 Å². The third-order valence-corrected chi connectivity index (χ3v) is 6.76. The average molecular weight is 686 g/mol. The van der Waals surface area contributed by atoms with Crippen molar-refractivity contribution in [3.8, 4) is 5.75 Å². The van der Waals surface area contributed by atoms with Gasteiger partial charge in [-0.25, -0.2) is 0 Å². The second kappa shape index (κ2) is 17.2. The molecule has 0 aliphatic carbocycles. The van der Waals surface area contributed by atoms with Crippen LogP contribution in [0.4, 0.5) is 5.69 Å². The molecule has 2 fully saturated rings. The van der Waals surface area contributed by atoms with Crippen molar-refractivity contribution in [2.45, 2.75) is 103 Å². The van der Waals surface area contributed by atoms with Crippen LogP contribution in [0.1, 0.15) is 41.5 Å². The molecule has 2 saturated heterocycles. The number of hydrogen-bond acceptors (Lipinski definition) is 17. The van der Waals surface area contributed by atoms with Gasteiger partial charge in [-0.3, -0.25) is 28.8 Å². The molecule has 0 radical (unpaired) electrons. The summed E-state index contributed by atoms with van der Waals surface area (Å²) in [7, 11) is 0. The Morgan fingerprint density at radius 3 is 1.60 bits per heavy atom. The molecule has 18 nitrogen and oxygen atoms in total. The first-order valence-electron chi connectivity index (χ1n) is 14.7. The number of aliphatic hydroxyl groups is 2. The molecule has 3 N–H and O–H groups in total. The molecule has 18 heteroatoms. The van der Waals surface area contributed by atoms with Crippen LogP contribution in [0.2, 0.25) is 0 Å². The van der Waals surface area contributed by atoms with Crippen LogP contribution in [0.3, 0.4) is 0 Å². The van der Waals surface area contributed by atoms with E-state index in [2.05, 4.69) is 5.32 Å². The van der Waals surface area contributed by atoms with Gasteiger partial charge in [-0.2, -0.15) is 0 Å². The van der Waals surface area contributed by atoms with Gasteiger partial charge >= 0.3 is 29.8 Å². The number of rotatable bonds is 12. The first-order valence-corrected chi connectivity index (χ1v) is 14.7. The van der Waals surface area contributed by atoms with Gasteiger partial charge < -0.3 is 58.2 Å². The number of carbonyl (C=O) groups excluding carboxylic acids is 6. The van der Waals surface area contributed by atoms with Gasteiger partial charge in [0.15, 0.2) is 24.6 Å². The molecule has 5 unspecified atom stereocenters. The number of anilines is 1. The monoisotopic (exact) mass is 685 g/mol. The van der Waals surface area contributed by atoms with Crippen molar-refractivity contribution >= 4 is 41.4 Å². The summed E-state index contributed by atoms with van der Waals surface area (Å²) in [6.45, 7) is 5.62. The largest absolute Gasteiger partial charge is 0.463 e. The molecule has 2 aliphatic rings. The Kier molecular flexibility index (Phi) is 13.6. The molecular formula is C30H39NO17.